The fraction of sp³-hybridized carbons (Fsp3) is 0.500. The fourth-order valence-electron chi connectivity index (χ4n) is 5.13. The Morgan fingerprint density at radius 2 is 2.07 bits per heavy atom. The monoisotopic (exact) mass is 408 g/mol. The number of nitriles is 1. The van der Waals surface area contributed by atoms with E-state index < -0.39 is 11.7 Å². The van der Waals surface area contributed by atoms with E-state index in [1.807, 2.05) is 6.20 Å². The highest BCUT2D eigenvalue weighted by molar-refractivity contribution is 6.05. The Bertz CT molecular complexity index is 1190. The number of aromatic nitrogens is 3. The summed E-state index contributed by atoms with van der Waals surface area (Å²) in [5.74, 6) is -1.19. The van der Waals surface area contributed by atoms with Gasteiger partial charge < -0.3 is 15.6 Å². The molecule has 2 aromatic heterocycles. The topological polar surface area (TPSA) is 103 Å². The molecule has 2 fully saturated rings. The van der Waals surface area contributed by atoms with Gasteiger partial charge in [-0.05, 0) is 50.9 Å². The number of rotatable bonds is 4. The highest BCUT2D eigenvalue weighted by Crippen LogP contribution is 2.43. The maximum absolute atomic E-state index is 14.0. The molecular weight excluding hydrogens is 383 g/mol. The van der Waals surface area contributed by atoms with Crippen LogP contribution in [0, 0.1) is 22.6 Å². The van der Waals surface area contributed by atoms with E-state index in [0.29, 0.717) is 11.0 Å². The van der Waals surface area contributed by atoms with Crippen LogP contribution in [0.1, 0.15) is 54.9 Å². The number of hydrogen-bond donors (Lipinski definition) is 2. The zero-order chi connectivity index (χ0) is 21.1. The largest absolute Gasteiger partial charge is 0.366 e. The molecule has 5 rings (SSSR count). The number of amides is 1. The van der Waals surface area contributed by atoms with Crippen molar-refractivity contribution in [3.05, 3.63) is 35.3 Å². The van der Waals surface area contributed by atoms with Gasteiger partial charge in [0.15, 0.2) is 0 Å². The minimum absolute atomic E-state index is 0.0933. The van der Waals surface area contributed by atoms with E-state index in [9.17, 15) is 14.4 Å². The molecule has 1 aliphatic heterocycles. The second-order valence-electron chi connectivity index (χ2n) is 9.24. The Morgan fingerprint density at radius 1 is 1.33 bits per heavy atom. The molecule has 0 bridgehead atoms. The first kappa shape index (κ1) is 19.1. The Kier molecular flexibility index (Phi) is 4.16. The van der Waals surface area contributed by atoms with Gasteiger partial charge in [-0.1, -0.05) is 13.3 Å². The number of imidazole rings is 1. The molecule has 1 saturated heterocycles. The lowest BCUT2D eigenvalue weighted by atomic mass is 9.69. The number of nitrogens with zero attached hydrogens (tertiary/aromatic N) is 4. The Labute approximate surface area is 173 Å². The molecule has 0 spiro atoms. The van der Waals surface area contributed by atoms with Crippen LogP contribution in [-0.2, 0) is 5.41 Å². The van der Waals surface area contributed by atoms with Crippen molar-refractivity contribution in [1.82, 2.24) is 19.5 Å². The molecule has 3 aromatic rings. The van der Waals surface area contributed by atoms with Gasteiger partial charge in [0.05, 0.1) is 28.8 Å². The fourth-order valence-corrected chi connectivity index (χ4v) is 5.13. The molecule has 7 nitrogen and oxygen atoms in total. The van der Waals surface area contributed by atoms with E-state index >= 15 is 0 Å². The summed E-state index contributed by atoms with van der Waals surface area (Å²) in [4.78, 5) is 17.5. The van der Waals surface area contributed by atoms with Crippen molar-refractivity contribution in [1.29, 1.82) is 5.26 Å². The predicted molar refractivity (Wildman–Crippen MR) is 110 cm³/mol. The van der Waals surface area contributed by atoms with Crippen molar-refractivity contribution in [3.63, 3.8) is 0 Å². The number of aromatic amines is 1. The summed E-state index contributed by atoms with van der Waals surface area (Å²) in [6.07, 6.45) is 6.91. The van der Waals surface area contributed by atoms with Crippen molar-refractivity contribution < 1.29 is 9.18 Å². The smallest absolute Gasteiger partial charge is 0.251 e. The van der Waals surface area contributed by atoms with Crippen molar-refractivity contribution in [2.24, 2.45) is 11.1 Å². The molecule has 1 saturated carbocycles. The van der Waals surface area contributed by atoms with Gasteiger partial charge in [-0.2, -0.15) is 10.4 Å². The van der Waals surface area contributed by atoms with Crippen LogP contribution in [0.2, 0.25) is 0 Å². The Morgan fingerprint density at radius 3 is 2.67 bits per heavy atom. The Balaban J connectivity index is 1.46. The van der Waals surface area contributed by atoms with E-state index in [1.165, 1.54) is 6.07 Å². The lowest BCUT2D eigenvalue weighted by Gasteiger charge is -2.44. The third-order valence-corrected chi connectivity index (χ3v) is 7.26. The molecule has 0 unspecified atom stereocenters. The number of fused-ring (bicyclic) bond motifs is 3. The molecule has 3 N–H and O–H groups in total. The van der Waals surface area contributed by atoms with Gasteiger partial charge in [-0.15, -0.1) is 0 Å². The molecule has 0 atom stereocenters. The number of carbonyl (C=O) groups is 1. The van der Waals surface area contributed by atoms with Crippen LogP contribution >= 0.6 is 0 Å². The van der Waals surface area contributed by atoms with E-state index in [-0.39, 0.29) is 16.4 Å². The quantitative estimate of drug-likeness (QED) is 0.692. The average Bonchev–Trinajstić information content (AvgIpc) is 3.24. The SMILES string of the molecule is CC1(c2cnn3c2[nH]c2cc(F)cc(C(N)=O)c23)CCN(CC2(C#N)CCC2)CC1. The highest BCUT2D eigenvalue weighted by Gasteiger charge is 2.41. The summed E-state index contributed by atoms with van der Waals surface area (Å²) in [6, 6.07) is 5.06. The molecule has 1 amide bonds. The van der Waals surface area contributed by atoms with Crippen molar-refractivity contribution >= 4 is 22.6 Å². The van der Waals surface area contributed by atoms with Gasteiger partial charge in [-0.3, -0.25) is 4.79 Å². The van der Waals surface area contributed by atoms with E-state index in [4.69, 9.17) is 5.73 Å². The van der Waals surface area contributed by atoms with Crippen LogP contribution < -0.4 is 5.73 Å². The van der Waals surface area contributed by atoms with E-state index in [0.717, 1.165) is 69.0 Å². The number of carbonyl (C=O) groups excluding carboxylic acids is 1. The molecular formula is C22H25FN6O. The zero-order valence-electron chi connectivity index (χ0n) is 17.0. The average molecular weight is 408 g/mol. The number of H-pyrrole nitrogens is 1. The Hall–Kier alpha value is -2.92. The first-order valence-electron chi connectivity index (χ1n) is 10.5. The number of nitrogens with two attached hydrogens (primary N) is 1. The molecule has 0 radical (unpaired) electrons. The van der Waals surface area contributed by atoms with Gasteiger partial charge >= 0.3 is 0 Å². The molecule has 2 aliphatic rings. The van der Waals surface area contributed by atoms with Crippen molar-refractivity contribution in [2.45, 2.75) is 44.4 Å². The molecule has 30 heavy (non-hydrogen) atoms. The maximum Gasteiger partial charge on any atom is 0.251 e. The van der Waals surface area contributed by atoms with E-state index in [1.54, 1.807) is 4.52 Å². The van der Waals surface area contributed by atoms with Crippen molar-refractivity contribution in [3.8, 4) is 6.07 Å². The summed E-state index contributed by atoms with van der Waals surface area (Å²) in [6.45, 7) is 4.94. The summed E-state index contributed by atoms with van der Waals surface area (Å²) in [5, 5.41) is 14.0. The number of primary amides is 1. The molecule has 1 aliphatic carbocycles. The molecule has 156 valence electrons. The second-order valence-corrected chi connectivity index (χ2v) is 9.24. The first-order valence-corrected chi connectivity index (χ1v) is 10.5. The lowest BCUT2D eigenvalue weighted by Crippen LogP contribution is -2.47. The summed E-state index contributed by atoms with van der Waals surface area (Å²) in [7, 11) is 0. The number of benzene rings is 1. The normalized spacial score (nSPS) is 20.8. The van der Waals surface area contributed by atoms with Crippen LogP contribution in [-0.4, -0.2) is 45.0 Å². The summed E-state index contributed by atoms with van der Waals surface area (Å²) >= 11 is 0. The van der Waals surface area contributed by atoms with Gasteiger partial charge in [0.25, 0.3) is 5.91 Å². The van der Waals surface area contributed by atoms with Crippen LogP contribution in [0.15, 0.2) is 18.3 Å². The van der Waals surface area contributed by atoms with Crippen LogP contribution in [0.25, 0.3) is 16.7 Å². The maximum atomic E-state index is 14.0. The lowest BCUT2D eigenvalue weighted by molar-refractivity contribution is 0.0854. The third kappa shape index (κ3) is 2.80. The molecule has 8 heteroatoms. The number of nitrogens with one attached hydrogen (secondary N) is 1. The third-order valence-electron chi connectivity index (χ3n) is 7.26. The summed E-state index contributed by atoms with van der Waals surface area (Å²) < 4.78 is 15.6. The summed E-state index contributed by atoms with van der Waals surface area (Å²) in [5.41, 5.74) is 8.21. The predicted octanol–water partition coefficient (Wildman–Crippen LogP) is 3.10. The number of hydrogen-bond acceptors (Lipinski definition) is 4. The number of piperidine rings is 1. The second kappa shape index (κ2) is 6.54. The molecule has 3 heterocycles. The van der Waals surface area contributed by atoms with Crippen molar-refractivity contribution in [2.75, 3.05) is 19.6 Å². The number of likely N-dealkylation sites (tertiary alicyclic amines) is 1. The minimum Gasteiger partial charge on any atom is -0.366 e. The zero-order valence-corrected chi connectivity index (χ0v) is 17.0. The minimum atomic E-state index is -0.681. The van der Waals surface area contributed by atoms with Gasteiger partial charge in [0, 0.05) is 17.5 Å². The standard InChI is InChI=1S/C22H25FN6O/c1-21(5-7-28(8-6-21)13-22(12-24)3-2-4-22)16-11-26-29-18-15(19(25)30)9-14(23)10-17(18)27-20(16)29/h9-11,27H,2-8,13H2,1H3,(H2,25,30). The van der Waals surface area contributed by atoms with Gasteiger partial charge in [0.2, 0.25) is 0 Å². The van der Waals surface area contributed by atoms with Crippen LogP contribution in [0.5, 0.6) is 0 Å². The van der Waals surface area contributed by atoms with Gasteiger partial charge in [0.1, 0.15) is 17.0 Å². The van der Waals surface area contributed by atoms with Gasteiger partial charge in [-0.25, -0.2) is 8.91 Å². The van der Waals surface area contributed by atoms with E-state index in [2.05, 4.69) is 28.0 Å². The first-order chi connectivity index (χ1) is 14.3. The molecule has 1 aromatic carbocycles. The van der Waals surface area contributed by atoms with Crippen LogP contribution in [0.3, 0.4) is 0 Å². The van der Waals surface area contributed by atoms with Crippen LogP contribution in [0.4, 0.5) is 4.39 Å². The highest BCUT2D eigenvalue weighted by atomic mass is 19.1. The number of halogens is 1.